The molecule has 0 aliphatic heterocycles. The maximum absolute atomic E-state index is 14.0. The molecule has 4 heteroatoms. The summed E-state index contributed by atoms with van der Waals surface area (Å²) in [7, 11) is 0. The molecule has 2 nitrogen and oxygen atoms in total. The van der Waals surface area contributed by atoms with Crippen molar-refractivity contribution in [2.24, 2.45) is 5.73 Å². The minimum atomic E-state index is -0.268. The van der Waals surface area contributed by atoms with E-state index < -0.39 is 0 Å². The number of rotatable bonds is 7. The Kier molecular flexibility index (Phi) is 6.61. The van der Waals surface area contributed by atoms with Crippen LogP contribution in [-0.4, -0.2) is 24.5 Å². The first-order valence-corrected chi connectivity index (χ1v) is 6.90. The summed E-state index contributed by atoms with van der Waals surface area (Å²) in [5.41, 5.74) is 6.47. The summed E-state index contributed by atoms with van der Waals surface area (Å²) in [6, 6.07) is 4.75. The van der Waals surface area contributed by atoms with Crippen LogP contribution in [-0.2, 0) is 0 Å². The molecule has 0 radical (unpaired) electrons. The van der Waals surface area contributed by atoms with Gasteiger partial charge in [0.05, 0.1) is 0 Å². The van der Waals surface area contributed by atoms with E-state index in [0.29, 0.717) is 17.1 Å². The Balaban J connectivity index is 2.98. The molecule has 1 atom stereocenters. The molecule has 18 heavy (non-hydrogen) atoms. The van der Waals surface area contributed by atoms with Crippen molar-refractivity contribution in [1.29, 1.82) is 0 Å². The van der Waals surface area contributed by atoms with Gasteiger partial charge in [0.15, 0.2) is 0 Å². The lowest BCUT2D eigenvalue weighted by Gasteiger charge is -2.31. The second-order valence-electron chi connectivity index (χ2n) is 4.45. The van der Waals surface area contributed by atoms with Gasteiger partial charge in [0.2, 0.25) is 0 Å². The molecule has 1 unspecified atom stereocenters. The van der Waals surface area contributed by atoms with Gasteiger partial charge < -0.3 is 5.73 Å². The van der Waals surface area contributed by atoms with Gasteiger partial charge in [0, 0.05) is 23.2 Å². The zero-order valence-electron chi connectivity index (χ0n) is 11.1. The molecule has 0 fully saturated rings. The third kappa shape index (κ3) is 3.94. The third-order valence-electron chi connectivity index (χ3n) is 3.01. The fraction of sp³-hybridized carbons (Fsp3) is 0.571. The zero-order chi connectivity index (χ0) is 13.5. The highest BCUT2D eigenvalue weighted by Gasteiger charge is 2.20. The summed E-state index contributed by atoms with van der Waals surface area (Å²) in [6.45, 7) is 6.51. The summed E-state index contributed by atoms with van der Waals surface area (Å²) in [5.74, 6) is -0.268. The number of benzene rings is 1. The zero-order valence-corrected chi connectivity index (χ0v) is 11.9. The van der Waals surface area contributed by atoms with Crippen LogP contribution in [0.5, 0.6) is 0 Å². The van der Waals surface area contributed by atoms with Gasteiger partial charge in [0.25, 0.3) is 0 Å². The molecule has 0 aromatic heterocycles. The van der Waals surface area contributed by atoms with Crippen molar-refractivity contribution in [2.45, 2.75) is 32.7 Å². The Morgan fingerprint density at radius 3 is 2.33 bits per heavy atom. The number of hydrogen-bond donors (Lipinski definition) is 1. The quantitative estimate of drug-likeness (QED) is 0.822. The second-order valence-corrected chi connectivity index (χ2v) is 4.89. The molecule has 1 rings (SSSR count). The molecule has 0 spiro atoms. The van der Waals surface area contributed by atoms with Crippen molar-refractivity contribution in [3.63, 3.8) is 0 Å². The molecule has 0 aliphatic carbocycles. The average molecular weight is 273 g/mol. The predicted molar refractivity (Wildman–Crippen MR) is 75.4 cm³/mol. The van der Waals surface area contributed by atoms with E-state index in [2.05, 4.69) is 18.7 Å². The lowest BCUT2D eigenvalue weighted by Crippen LogP contribution is -2.35. The van der Waals surface area contributed by atoms with Gasteiger partial charge in [-0.15, -0.1) is 0 Å². The molecule has 0 aliphatic rings. The van der Waals surface area contributed by atoms with Crippen LogP contribution in [0, 0.1) is 5.82 Å². The summed E-state index contributed by atoms with van der Waals surface area (Å²) in [6.07, 6.45) is 2.07. The van der Waals surface area contributed by atoms with E-state index in [-0.39, 0.29) is 11.9 Å². The average Bonchev–Trinajstić information content (AvgIpc) is 2.33. The van der Waals surface area contributed by atoms with Crippen LogP contribution in [0.4, 0.5) is 4.39 Å². The Morgan fingerprint density at radius 1 is 1.28 bits per heavy atom. The van der Waals surface area contributed by atoms with Crippen molar-refractivity contribution in [1.82, 2.24) is 4.90 Å². The Labute approximate surface area is 114 Å². The van der Waals surface area contributed by atoms with Crippen LogP contribution in [0.1, 0.15) is 38.3 Å². The van der Waals surface area contributed by atoms with Crippen LogP contribution in [0.15, 0.2) is 18.2 Å². The van der Waals surface area contributed by atoms with E-state index in [4.69, 9.17) is 17.3 Å². The molecule has 1 aromatic carbocycles. The number of nitrogens with two attached hydrogens (primary N) is 1. The minimum absolute atomic E-state index is 0.0674. The van der Waals surface area contributed by atoms with Gasteiger partial charge in [-0.05, 0) is 38.1 Å². The molecule has 0 saturated heterocycles. The maximum atomic E-state index is 14.0. The molecule has 0 saturated carbocycles. The van der Waals surface area contributed by atoms with Crippen molar-refractivity contribution in [3.8, 4) is 0 Å². The van der Waals surface area contributed by atoms with Crippen molar-refractivity contribution in [2.75, 3.05) is 19.6 Å². The molecule has 2 N–H and O–H groups in total. The Bertz CT molecular complexity index is 365. The third-order valence-corrected chi connectivity index (χ3v) is 3.24. The van der Waals surface area contributed by atoms with Gasteiger partial charge in [-0.3, -0.25) is 4.90 Å². The van der Waals surface area contributed by atoms with Gasteiger partial charge in [-0.25, -0.2) is 4.39 Å². The van der Waals surface area contributed by atoms with Crippen molar-refractivity contribution in [3.05, 3.63) is 34.6 Å². The highest BCUT2D eigenvalue weighted by Crippen LogP contribution is 2.25. The van der Waals surface area contributed by atoms with Crippen molar-refractivity contribution >= 4 is 11.6 Å². The topological polar surface area (TPSA) is 29.3 Å². The monoisotopic (exact) mass is 272 g/mol. The van der Waals surface area contributed by atoms with Gasteiger partial charge in [-0.1, -0.05) is 31.5 Å². The summed E-state index contributed by atoms with van der Waals surface area (Å²) in [5, 5.41) is 0.421. The van der Waals surface area contributed by atoms with Crippen LogP contribution in [0.25, 0.3) is 0 Å². The first kappa shape index (κ1) is 15.4. The highest BCUT2D eigenvalue weighted by atomic mass is 35.5. The molecular formula is C14H22ClFN2. The lowest BCUT2D eigenvalue weighted by molar-refractivity contribution is 0.198. The fourth-order valence-corrected chi connectivity index (χ4v) is 2.40. The van der Waals surface area contributed by atoms with E-state index >= 15 is 0 Å². The van der Waals surface area contributed by atoms with Crippen LogP contribution in [0.3, 0.4) is 0 Å². The second kappa shape index (κ2) is 7.72. The fourth-order valence-electron chi connectivity index (χ4n) is 2.24. The van der Waals surface area contributed by atoms with Gasteiger partial charge >= 0.3 is 0 Å². The van der Waals surface area contributed by atoms with Gasteiger partial charge in [0.1, 0.15) is 5.82 Å². The summed E-state index contributed by atoms with van der Waals surface area (Å²) >= 11 is 5.78. The van der Waals surface area contributed by atoms with E-state index in [1.807, 2.05) is 0 Å². The molecule has 0 amide bonds. The normalized spacial score (nSPS) is 13.0. The molecule has 102 valence electrons. The van der Waals surface area contributed by atoms with Crippen molar-refractivity contribution < 1.29 is 4.39 Å². The minimum Gasteiger partial charge on any atom is -0.329 e. The largest absolute Gasteiger partial charge is 0.329 e. The first-order valence-electron chi connectivity index (χ1n) is 6.53. The molecular weight excluding hydrogens is 251 g/mol. The summed E-state index contributed by atoms with van der Waals surface area (Å²) in [4.78, 5) is 2.24. The van der Waals surface area contributed by atoms with Crippen LogP contribution < -0.4 is 5.73 Å². The maximum Gasteiger partial charge on any atom is 0.129 e. The van der Waals surface area contributed by atoms with E-state index in [1.54, 1.807) is 12.1 Å². The number of hydrogen-bond acceptors (Lipinski definition) is 2. The van der Waals surface area contributed by atoms with Crippen LogP contribution >= 0.6 is 11.6 Å². The first-order chi connectivity index (χ1) is 8.63. The number of nitrogens with zero attached hydrogens (tertiary/aromatic N) is 1. The molecule has 0 bridgehead atoms. The van der Waals surface area contributed by atoms with Gasteiger partial charge in [-0.2, -0.15) is 0 Å². The standard InChI is InChI=1S/C14H22ClFN2/c1-3-7-18(8-4-2)14(10-17)12-6-5-11(15)9-13(12)16/h5-6,9,14H,3-4,7-8,10,17H2,1-2H3. The van der Waals surface area contributed by atoms with E-state index in [0.717, 1.165) is 25.9 Å². The Hall–Kier alpha value is -0.640. The van der Waals surface area contributed by atoms with Crippen LogP contribution in [0.2, 0.25) is 5.02 Å². The van der Waals surface area contributed by atoms with E-state index in [9.17, 15) is 4.39 Å². The predicted octanol–water partition coefficient (Wildman–Crippen LogP) is 3.60. The molecule has 0 heterocycles. The SMILES string of the molecule is CCCN(CCC)C(CN)c1ccc(Cl)cc1F. The van der Waals surface area contributed by atoms with E-state index in [1.165, 1.54) is 6.07 Å². The number of halogens is 2. The Morgan fingerprint density at radius 2 is 1.89 bits per heavy atom. The summed E-state index contributed by atoms with van der Waals surface area (Å²) < 4.78 is 14.0. The lowest BCUT2D eigenvalue weighted by atomic mass is 10.0. The highest BCUT2D eigenvalue weighted by molar-refractivity contribution is 6.30. The molecule has 1 aromatic rings. The smallest absolute Gasteiger partial charge is 0.129 e.